The fourth-order valence-electron chi connectivity index (χ4n) is 0.168. The van der Waals surface area contributed by atoms with Crippen molar-refractivity contribution in [3.8, 4) is 0 Å². The maximum Gasteiger partial charge on any atom is 0.343 e. The predicted octanol–water partition coefficient (Wildman–Crippen LogP) is -1.18. The molecule has 0 rings (SSSR count). The van der Waals surface area contributed by atoms with Gasteiger partial charge < -0.3 is 14.2 Å². The maximum atomic E-state index is 9.85. The van der Waals surface area contributed by atoms with Gasteiger partial charge in [0.05, 0.1) is 11.2 Å². The van der Waals surface area contributed by atoms with Crippen LogP contribution in [-0.2, 0) is 4.57 Å². The van der Waals surface area contributed by atoms with E-state index in [1.807, 2.05) is 0 Å². The number of carbonyl (C=O) groups excluding carboxylic acids is 2. The Morgan fingerprint density at radius 3 is 1.67 bits per heavy atom. The summed E-state index contributed by atoms with van der Waals surface area (Å²) in [6.07, 6.45) is 0. The van der Waals surface area contributed by atoms with Crippen molar-refractivity contribution >= 4 is 41.8 Å². The van der Waals surface area contributed by atoms with Gasteiger partial charge in [0.1, 0.15) is 0 Å². The van der Waals surface area contributed by atoms with Crippen molar-refractivity contribution in [3.05, 3.63) is 0 Å². The molecule has 6 radical (unpaired) electrons. The smallest absolute Gasteiger partial charge is 0.343 e. The van der Waals surface area contributed by atoms with E-state index in [0.717, 1.165) is 0 Å². The highest BCUT2D eigenvalue weighted by atomic mass is 16.4. The molecule has 0 aromatic carbocycles. The Morgan fingerprint density at radius 2 is 1.44 bits per heavy atom. The first kappa shape index (κ1) is 8.56. The van der Waals surface area contributed by atoms with Crippen LogP contribution in [0.15, 0.2) is 0 Å². The molecule has 0 unspecified atom stereocenters. The molecule has 0 aromatic rings. The largest absolute Gasteiger partial charge is 0.495 e. The third-order valence-electron chi connectivity index (χ3n) is 0.368. The van der Waals surface area contributed by atoms with E-state index in [9.17, 15) is 9.59 Å². The summed E-state index contributed by atoms with van der Waals surface area (Å²) in [5.74, 6) is 0. The van der Waals surface area contributed by atoms with Gasteiger partial charge in [0, 0.05) is 0 Å². The van der Waals surface area contributed by atoms with Gasteiger partial charge in [0.25, 0.3) is 0 Å². The minimum Gasteiger partial charge on any atom is -0.495 e. The average Bonchev–Trinajstić information content (AvgIpc) is 1.63. The van der Waals surface area contributed by atoms with E-state index < -0.39 is 11.2 Å². The topological polar surface area (TPSA) is 43.4 Å². The molecule has 3 nitrogen and oxygen atoms in total. The lowest BCUT2D eigenvalue weighted by atomic mass is 9.72. The molecule has 0 aliphatic carbocycles. The highest BCUT2D eigenvalue weighted by molar-refractivity contribution is 7.00. The van der Waals surface area contributed by atoms with E-state index in [2.05, 4.69) is 20.3 Å². The molecule has 38 valence electrons. The summed E-state index contributed by atoms with van der Waals surface area (Å²) >= 11 is 0. The van der Waals surface area contributed by atoms with Crippen LogP contribution in [0.5, 0.6) is 0 Å². The summed E-state index contributed by atoms with van der Waals surface area (Å²) in [4.78, 5) is 19.7. The highest BCUT2D eigenvalue weighted by Gasteiger charge is 2.00. The van der Waals surface area contributed by atoms with Crippen molar-refractivity contribution in [1.82, 2.24) is 0 Å². The molecule has 0 spiro atoms. The van der Waals surface area contributed by atoms with Gasteiger partial charge in [-0.1, -0.05) is 0 Å². The van der Waals surface area contributed by atoms with Crippen molar-refractivity contribution in [3.63, 3.8) is 0 Å². The Labute approximate surface area is 56.9 Å². The lowest BCUT2D eigenvalue weighted by Gasteiger charge is -1.91. The van der Waals surface area contributed by atoms with Crippen molar-refractivity contribution < 1.29 is 14.2 Å². The summed E-state index contributed by atoms with van der Waals surface area (Å²) in [6, 6.07) is 0. The number of hydrogen-bond acceptors (Lipinski definition) is 3. The van der Waals surface area contributed by atoms with Crippen LogP contribution in [0.3, 0.4) is 0 Å². The Hall–Kier alpha value is -0.440. The lowest BCUT2D eigenvalue weighted by Crippen LogP contribution is -2.18. The Balaban J connectivity index is 3.10. The molecule has 0 amide bonds. The SMILES string of the molecule is [B]C(=O)[B]O[B]C([B])=O. The quantitative estimate of drug-likeness (QED) is 0.433. The second kappa shape index (κ2) is 4.44. The second-order valence-corrected chi connectivity index (χ2v) is 1.18. The third kappa shape index (κ3) is 7.56. The first-order valence-electron chi connectivity index (χ1n) is 2.03. The number of hydrogen-bond donors (Lipinski definition) is 0. The molecule has 0 bridgehead atoms. The molecule has 0 fully saturated rings. The summed E-state index contributed by atoms with van der Waals surface area (Å²) in [7, 11) is 10.5. The first-order chi connectivity index (χ1) is 4.13. The Morgan fingerprint density at radius 1 is 1.11 bits per heavy atom. The monoisotopic (exact) mass is 116 g/mol. The zero-order chi connectivity index (χ0) is 7.28. The molecule has 0 aromatic heterocycles. The summed E-state index contributed by atoms with van der Waals surface area (Å²) in [6.45, 7) is 0. The van der Waals surface area contributed by atoms with Gasteiger partial charge in [0.15, 0.2) is 15.7 Å². The van der Waals surface area contributed by atoms with Crippen LogP contribution in [0.25, 0.3) is 0 Å². The van der Waals surface area contributed by atoms with Gasteiger partial charge >= 0.3 is 15.0 Å². The van der Waals surface area contributed by atoms with Crippen LogP contribution in [0, 0.1) is 0 Å². The van der Waals surface area contributed by atoms with Gasteiger partial charge in [-0.2, -0.15) is 0 Å². The van der Waals surface area contributed by atoms with Crippen LogP contribution in [0.4, 0.5) is 9.59 Å². The molecule has 0 N–H and O–H groups in total. The molecular formula is C2B4O3. The predicted molar refractivity (Wildman–Crippen MR) is 34.9 cm³/mol. The molecule has 0 atom stereocenters. The third-order valence-corrected chi connectivity index (χ3v) is 0.368. The Bertz CT molecular complexity index is 109. The minimum absolute atomic E-state index is 0.671. The van der Waals surface area contributed by atoms with E-state index in [4.69, 9.17) is 0 Å². The van der Waals surface area contributed by atoms with Gasteiger partial charge in [-0.05, 0) is 0 Å². The van der Waals surface area contributed by atoms with Gasteiger partial charge in [-0.3, -0.25) is 0 Å². The average molecular weight is 115 g/mol. The Kier molecular flexibility index (Phi) is 4.22. The van der Waals surface area contributed by atoms with Gasteiger partial charge in [-0.15, -0.1) is 0 Å². The maximum absolute atomic E-state index is 9.85. The van der Waals surface area contributed by atoms with Gasteiger partial charge in [0.2, 0.25) is 0 Å². The van der Waals surface area contributed by atoms with E-state index in [1.165, 1.54) is 0 Å². The standard InChI is InChI=1S/C2B4O3/c3-1(7)5-9-6-2(4)8. The van der Waals surface area contributed by atoms with E-state index in [1.54, 1.807) is 0 Å². The second-order valence-electron chi connectivity index (χ2n) is 1.18. The molecule has 7 heteroatoms. The molecule has 0 aliphatic rings. The zero-order valence-electron chi connectivity index (χ0n) is 4.53. The normalized spacial score (nSPS) is 8.00. The molecule has 0 saturated heterocycles. The zero-order valence-corrected chi connectivity index (χ0v) is 4.53. The molecule has 0 saturated carbocycles. The van der Waals surface area contributed by atoms with Crippen LogP contribution in [0.2, 0.25) is 0 Å². The van der Waals surface area contributed by atoms with Gasteiger partial charge in [-0.25, -0.2) is 0 Å². The molecular weight excluding hydrogens is 115 g/mol. The van der Waals surface area contributed by atoms with Crippen molar-refractivity contribution in [2.24, 2.45) is 0 Å². The van der Waals surface area contributed by atoms with Crippen molar-refractivity contribution in [2.45, 2.75) is 0 Å². The van der Waals surface area contributed by atoms with E-state index >= 15 is 0 Å². The first-order valence-corrected chi connectivity index (χ1v) is 2.03. The van der Waals surface area contributed by atoms with Crippen molar-refractivity contribution in [2.75, 3.05) is 0 Å². The lowest BCUT2D eigenvalue weighted by molar-refractivity contribution is 0.271. The van der Waals surface area contributed by atoms with E-state index in [-0.39, 0.29) is 0 Å². The summed E-state index contributed by atoms with van der Waals surface area (Å²) in [5, 5.41) is 0. The molecule has 0 aliphatic heterocycles. The summed E-state index contributed by atoms with van der Waals surface area (Å²) < 4.78 is 4.16. The number of rotatable bonds is 4. The highest BCUT2D eigenvalue weighted by Crippen LogP contribution is 1.70. The van der Waals surface area contributed by atoms with E-state index in [0.29, 0.717) is 15.0 Å². The van der Waals surface area contributed by atoms with Crippen LogP contribution >= 0.6 is 0 Å². The number of carbonyl (C=O) groups is 2. The minimum atomic E-state index is -0.771. The fraction of sp³-hybridized carbons (Fsp3) is 0. The van der Waals surface area contributed by atoms with Crippen LogP contribution < -0.4 is 0 Å². The molecule has 0 heterocycles. The van der Waals surface area contributed by atoms with Crippen molar-refractivity contribution in [1.29, 1.82) is 0 Å². The summed E-state index contributed by atoms with van der Waals surface area (Å²) in [5.41, 5.74) is -1.54. The van der Waals surface area contributed by atoms with Crippen LogP contribution in [-0.4, -0.2) is 41.8 Å². The van der Waals surface area contributed by atoms with Crippen LogP contribution in [0.1, 0.15) is 0 Å². The fourth-order valence-corrected chi connectivity index (χ4v) is 0.168. The molecule has 9 heavy (non-hydrogen) atoms.